The van der Waals surface area contributed by atoms with Crippen LogP contribution in [0.4, 0.5) is 11.4 Å². The number of allylic oxidation sites excluding steroid dienone is 2. The summed E-state index contributed by atoms with van der Waals surface area (Å²) in [6.45, 7) is 8.20. The predicted octanol–water partition coefficient (Wildman–Crippen LogP) is 3.24. The number of anilines is 2. The molecule has 0 bridgehead atoms. The zero-order valence-corrected chi connectivity index (χ0v) is 16.3. The van der Waals surface area contributed by atoms with E-state index in [1.54, 1.807) is 18.2 Å². The number of ether oxygens (including phenoxy) is 1. The van der Waals surface area contributed by atoms with E-state index in [0.29, 0.717) is 17.1 Å². The molecule has 25 heavy (non-hydrogen) atoms. The molecule has 2 unspecified atom stereocenters. The highest BCUT2D eigenvalue weighted by molar-refractivity contribution is 7.92. The van der Waals surface area contributed by atoms with Crippen LogP contribution in [0.3, 0.4) is 0 Å². The number of hydrogen-bond donors (Lipinski definition) is 2. The summed E-state index contributed by atoms with van der Waals surface area (Å²) in [5, 5.41) is 2.88. The summed E-state index contributed by atoms with van der Waals surface area (Å²) in [7, 11) is -1.99. The van der Waals surface area contributed by atoms with Gasteiger partial charge in [0.15, 0.2) is 0 Å². The van der Waals surface area contributed by atoms with Crippen LogP contribution in [-0.2, 0) is 14.8 Å². The quantitative estimate of drug-likeness (QED) is 0.757. The molecule has 1 aromatic rings. The van der Waals surface area contributed by atoms with Gasteiger partial charge in [0.25, 0.3) is 0 Å². The number of sulfonamides is 1. The third kappa shape index (κ3) is 4.54. The molecule has 0 heterocycles. The maximum absolute atomic E-state index is 12.6. The van der Waals surface area contributed by atoms with Crippen molar-refractivity contribution in [2.75, 3.05) is 23.4 Å². The van der Waals surface area contributed by atoms with Gasteiger partial charge in [0, 0.05) is 5.69 Å². The van der Waals surface area contributed by atoms with E-state index in [2.05, 4.69) is 30.0 Å². The SMILES string of the molecule is COc1ccc(NC(=O)C2C(C=C(C)C)C2(C)C)cc1NS(C)(=O)=O. The fraction of sp³-hybridized carbons (Fsp3) is 0.500. The Morgan fingerprint density at radius 1 is 1.28 bits per heavy atom. The van der Waals surface area contributed by atoms with Gasteiger partial charge < -0.3 is 10.1 Å². The second-order valence-corrected chi connectivity index (χ2v) is 9.10. The molecule has 7 heteroatoms. The molecule has 0 saturated heterocycles. The molecule has 1 aliphatic rings. The Balaban J connectivity index is 2.19. The second kappa shape index (κ2) is 6.71. The van der Waals surface area contributed by atoms with Gasteiger partial charge in [-0.2, -0.15) is 0 Å². The second-order valence-electron chi connectivity index (χ2n) is 7.35. The lowest BCUT2D eigenvalue weighted by Crippen LogP contribution is -2.17. The van der Waals surface area contributed by atoms with E-state index in [1.165, 1.54) is 12.7 Å². The van der Waals surface area contributed by atoms with Crippen LogP contribution in [0.25, 0.3) is 0 Å². The van der Waals surface area contributed by atoms with Crippen LogP contribution in [0, 0.1) is 17.3 Å². The van der Waals surface area contributed by atoms with Crippen molar-refractivity contribution in [3.8, 4) is 5.75 Å². The van der Waals surface area contributed by atoms with Crippen LogP contribution in [0.2, 0.25) is 0 Å². The highest BCUT2D eigenvalue weighted by atomic mass is 32.2. The molecule has 2 atom stereocenters. The van der Waals surface area contributed by atoms with Gasteiger partial charge >= 0.3 is 0 Å². The minimum absolute atomic E-state index is 0.0667. The zero-order chi connectivity index (χ0) is 19.0. The number of methoxy groups -OCH3 is 1. The fourth-order valence-electron chi connectivity index (χ4n) is 3.13. The van der Waals surface area contributed by atoms with Crippen molar-refractivity contribution in [1.82, 2.24) is 0 Å². The van der Waals surface area contributed by atoms with Gasteiger partial charge in [-0.05, 0) is 43.4 Å². The molecule has 1 fully saturated rings. The summed E-state index contributed by atoms with van der Waals surface area (Å²) in [6, 6.07) is 4.87. The maximum atomic E-state index is 12.6. The highest BCUT2D eigenvalue weighted by Gasteiger charge is 2.60. The number of amides is 1. The van der Waals surface area contributed by atoms with Gasteiger partial charge in [0.05, 0.1) is 25.0 Å². The van der Waals surface area contributed by atoms with E-state index in [4.69, 9.17) is 4.74 Å². The minimum Gasteiger partial charge on any atom is -0.495 e. The largest absolute Gasteiger partial charge is 0.495 e. The number of carbonyl (C=O) groups is 1. The molecule has 0 aromatic heterocycles. The summed E-state index contributed by atoms with van der Waals surface area (Å²) in [6.07, 6.45) is 3.20. The normalized spacial score (nSPS) is 21.2. The summed E-state index contributed by atoms with van der Waals surface area (Å²) < 4.78 is 30.5. The minimum atomic E-state index is -3.45. The summed E-state index contributed by atoms with van der Waals surface area (Å²) in [5.74, 6) is 0.431. The van der Waals surface area contributed by atoms with Crippen LogP contribution in [0.15, 0.2) is 29.8 Å². The Morgan fingerprint density at radius 2 is 1.92 bits per heavy atom. The van der Waals surface area contributed by atoms with E-state index < -0.39 is 10.0 Å². The maximum Gasteiger partial charge on any atom is 0.229 e. The Kier molecular flexibility index (Phi) is 5.18. The average Bonchev–Trinajstić information content (AvgIpc) is 2.97. The molecule has 0 aliphatic heterocycles. The van der Waals surface area contributed by atoms with Gasteiger partial charge in [-0.3, -0.25) is 9.52 Å². The Bertz CT molecular complexity index is 808. The first-order chi connectivity index (χ1) is 11.5. The van der Waals surface area contributed by atoms with E-state index in [1.807, 2.05) is 13.8 Å². The standard InChI is InChI=1S/C18H26N2O4S/c1-11(2)9-13-16(18(13,3)4)17(21)19-12-7-8-15(24-5)14(10-12)20-25(6,22)23/h7-10,13,16,20H,1-6H3,(H,19,21). The van der Waals surface area contributed by atoms with E-state index in [9.17, 15) is 13.2 Å². The third-order valence-electron chi connectivity index (χ3n) is 4.47. The van der Waals surface area contributed by atoms with Crippen molar-refractivity contribution in [1.29, 1.82) is 0 Å². The first kappa shape index (κ1) is 19.3. The fourth-order valence-corrected chi connectivity index (χ4v) is 3.69. The third-order valence-corrected chi connectivity index (χ3v) is 5.06. The smallest absolute Gasteiger partial charge is 0.229 e. The molecule has 1 amide bonds. The lowest BCUT2D eigenvalue weighted by molar-refractivity contribution is -0.118. The zero-order valence-electron chi connectivity index (χ0n) is 15.5. The van der Waals surface area contributed by atoms with Gasteiger partial charge in [-0.25, -0.2) is 8.42 Å². The number of benzene rings is 1. The molecule has 1 aliphatic carbocycles. The topological polar surface area (TPSA) is 84.5 Å². The van der Waals surface area contributed by atoms with Gasteiger partial charge in [0.1, 0.15) is 5.75 Å². The predicted molar refractivity (Wildman–Crippen MR) is 100 cm³/mol. The molecule has 2 rings (SSSR count). The number of carbonyl (C=O) groups excluding carboxylic acids is 1. The van der Waals surface area contributed by atoms with Gasteiger partial charge in [-0.1, -0.05) is 25.5 Å². The highest BCUT2D eigenvalue weighted by Crippen LogP contribution is 2.59. The van der Waals surface area contributed by atoms with Crippen LogP contribution >= 0.6 is 0 Å². The summed E-state index contributed by atoms with van der Waals surface area (Å²) in [5.41, 5.74) is 1.92. The molecular weight excluding hydrogens is 340 g/mol. The monoisotopic (exact) mass is 366 g/mol. The lowest BCUT2D eigenvalue weighted by atomic mass is 10.1. The van der Waals surface area contributed by atoms with Crippen molar-refractivity contribution in [2.24, 2.45) is 17.3 Å². The van der Waals surface area contributed by atoms with Crippen LogP contribution in [0.1, 0.15) is 27.7 Å². The van der Waals surface area contributed by atoms with E-state index in [-0.39, 0.29) is 23.2 Å². The molecule has 6 nitrogen and oxygen atoms in total. The van der Waals surface area contributed by atoms with Crippen molar-refractivity contribution < 1.29 is 17.9 Å². The van der Waals surface area contributed by atoms with E-state index >= 15 is 0 Å². The van der Waals surface area contributed by atoms with Crippen LogP contribution < -0.4 is 14.8 Å². The lowest BCUT2D eigenvalue weighted by Gasteiger charge is -2.12. The van der Waals surface area contributed by atoms with Crippen molar-refractivity contribution in [2.45, 2.75) is 27.7 Å². The summed E-state index contributed by atoms with van der Waals surface area (Å²) in [4.78, 5) is 12.6. The number of hydrogen-bond acceptors (Lipinski definition) is 4. The van der Waals surface area contributed by atoms with Crippen LogP contribution in [-0.4, -0.2) is 27.7 Å². The Hall–Kier alpha value is -2.02. The van der Waals surface area contributed by atoms with Gasteiger partial charge in [-0.15, -0.1) is 0 Å². The van der Waals surface area contributed by atoms with Gasteiger partial charge in [0.2, 0.25) is 15.9 Å². The van der Waals surface area contributed by atoms with E-state index in [0.717, 1.165) is 6.26 Å². The van der Waals surface area contributed by atoms with Crippen molar-refractivity contribution in [3.63, 3.8) is 0 Å². The molecule has 138 valence electrons. The molecule has 0 radical (unpaired) electrons. The molecule has 2 N–H and O–H groups in total. The average molecular weight is 366 g/mol. The van der Waals surface area contributed by atoms with Crippen LogP contribution in [0.5, 0.6) is 5.75 Å². The summed E-state index contributed by atoms with van der Waals surface area (Å²) >= 11 is 0. The molecule has 1 saturated carbocycles. The van der Waals surface area contributed by atoms with Crippen molar-refractivity contribution in [3.05, 3.63) is 29.8 Å². The number of nitrogens with one attached hydrogen (secondary N) is 2. The molecule has 0 spiro atoms. The number of rotatable bonds is 6. The first-order valence-electron chi connectivity index (χ1n) is 8.07. The Morgan fingerprint density at radius 3 is 2.44 bits per heavy atom. The van der Waals surface area contributed by atoms with Crippen molar-refractivity contribution >= 4 is 27.3 Å². The Labute approximate surface area is 149 Å². The molecule has 1 aromatic carbocycles. The first-order valence-corrected chi connectivity index (χ1v) is 9.96. The molecular formula is C18H26N2O4S.